The van der Waals surface area contributed by atoms with Gasteiger partial charge >= 0.3 is 0 Å². The fraction of sp³-hybridized carbons (Fsp3) is 0.118. The number of amides is 1. The van der Waals surface area contributed by atoms with Gasteiger partial charge in [0.15, 0.2) is 5.16 Å². The molecule has 1 aliphatic rings. The highest BCUT2D eigenvalue weighted by Gasteiger charge is 2.29. The molecule has 2 heterocycles. The Hall–Kier alpha value is -3.40. The molecule has 27 heavy (non-hydrogen) atoms. The van der Waals surface area contributed by atoms with E-state index in [1.807, 2.05) is 0 Å². The lowest BCUT2D eigenvalue weighted by molar-refractivity contribution is -0.385. The van der Waals surface area contributed by atoms with Crippen molar-refractivity contribution in [1.82, 2.24) is 20.1 Å². The van der Waals surface area contributed by atoms with Gasteiger partial charge in [0, 0.05) is 23.7 Å². The first kappa shape index (κ1) is 17.0. The van der Waals surface area contributed by atoms with E-state index in [1.165, 1.54) is 17.8 Å². The van der Waals surface area contributed by atoms with Crippen molar-refractivity contribution in [2.75, 3.05) is 5.32 Å². The molecule has 3 aromatic rings. The number of nitro benzene ring substituents is 1. The van der Waals surface area contributed by atoms with Crippen LogP contribution in [-0.2, 0) is 7.05 Å². The second kappa shape index (κ2) is 6.72. The lowest BCUT2D eigenvalue weighted by atomic mass is 10.0. The highest BCUT2D eigenvalue weighted by Crippen LogP contribution is 2.35. The number of hydrogen-bond donors (Lipinski definition) is 2. The number of para-hydroxylation sites is 1. The van der Waals surface area contributed by atoms with Crippen molar-refractivity contribution < 1.29 is 9.72 Å². The molecule has 4 rings (SSSR count). The number of aromatic nitrogens is 3. The Balaban J connectivity index is 1.68. The first-order valence-corrected chi connectivity index (χ1v) is 8.81. The number of nitro groups is 1. The van der Waals surface area contributed by atoms with E-state index in [2.05, 4.69) is 20.8 Å². The van der Waals surface area contributed by atoms with Crippen LogP contribution in [0.4, 0.5) is 11.4 Å². The van der Waals surface area contributed by atoms with Crippen molar-refractivity contribution >= 4 is 29.0 Å². The average Bonchev–Trinajstić information content (AvgIpc) is 3.06. The van der Waals surface area contributed by atoms with Gasteiger partial charge in [-0.15, -0.1) is 10.2 Å². The summed E-state index contributed by atoms with van der Waals surface area (Å²) in [4.78, 5) is 24.2. The molecule has 1 aromatic heterocycles. The van der Waals surface area contributed by atoms with Crippen LogP contribution >= 0.6 is 11.8 Å². The molecule has 0 aliphatic carbocycles. The maximum absolute atomic E-state index is 12.3. The summed E-state index contributed by atoms with van der Waals surface area (Å²) in [5, 5.41) is 25.9. The second-order valence-corrected chi connectivity index (χ2v) is 6.94. The van der Waals surface area contributed by atoms with Crippen LogP contribution in [0.1, 0.15) is 22.1 Å². The Morgan fingerprint density at radius 1 is 1.22 bits per heavy atom. The van der Waals surface area contributed by atoms with Crippen LogP contribution < -0.4 is 10.6 Å². The van der Waals surface area contributed by atoms with Crippen molar-refractivity contribution in [2.24, 2.45) is 7.05 Å². The zero-order valence-electron chi connectivity index (χ0n) is 14.1. The van der Waals surface area contributed by atoms with Crippen molar-refractivity contribution in [3.63, 3.8) is 0 Å². The third-order valence-electron chi connectivity index (χ3n) is 4.14. The smallest absolute Gasteiger partial charge is 0.277 e. The first-order valence-electron chi connectivity index (χ1n) is 7.99. The molecule has 0 bridgehead atoms. The zero-order valence-corrected chi connectivity index (χ0v) is 14.9. The molecule has 0 saturated carbocycles. The van der Waals surface area contributed by atoms with Crippen LogP contribution in [0, 0.1) is 10.1 Å². The topological polar surface area (TPSA) is 115 Å². The van der Waals surface area contributed by atoms with E-state index in [-0.39, 0.29) is 11.6 Å². The fourth-order valence-corrected chi connectivity index (χ4v) is 3.62. The maximum atomic E-state index is 12.3. The lowest BCUT2D eigenvalue weighted by Gasteiger charge is -2.27. The minimum atomic E-state index is -0.693. The number of nitrogens with one attached hydrogen (secondary N) is 2. The summed E-state index contributed by atoms with van der Waals surface area (Å²) in [5.41, 5.74) is 1.44. The van der Waals surface area contributed by atoms with Gasteiger partial charge in [0.2, 0.25) is 0 Å². The van der Waals surface area contributed by atoms with Crippen LogP contribution in [0.3, 0.4) is 0 Å². The van der Waals surface area contributed by atoms with Crippen molar-refractivity contribution in [3.05, 3.63) is 70.0 Å². The number of fused-ring (bicyclic) bond motifs is 1. The molecule has 0 radical (unpaired) electrons. The van der Waals surface area contributed by atoms with Gasteiger partial charge in [-0.2, -0.15) is 0 Å². The molecule has 9 nitrogen and oxygen atoms in total. The quantitative estimate of drug-likeness (QED) is 0.526. The standard InChI is InChI=1S/C17H14N6O3S/c1-22-9-18-21-17(22)27-10-6-7-12(14(8-10)23(25)26)15-19-13-5-3-2-4-11(13)16(24)20-15/h2-9,15,19H,1H3,(H,20,24)/t15-/m1/s1. The predicted octanol–water partition coefficient (Wildman–Crippen LogP) is 2.73. The summed E-state index contributed by atoms with van der Waals surface area (Å²) in [5.74, 6) is -0.277. The minimum absolute atomic E-state index is 0.0839. The lowest BCUT2D eigenvalue weighted by Crippen LogP contribution is -2.38. The van der Waals surface area contributed by atoms with Gasteiger partial charge in [-0.05, 0) is 36.0 Å². The zero-order chi connectivity index (χ0) is 19.0. The molecule has 0 spiro atoms. The van der Waals surface area contributed by atoms with Gasteiger partial charge in [0.05, 0.1) is 16.1 Å². The average molecular weight is 382 g/mol. The summed E-state index contributed by atoms with van der Waals surface area (Å²) in [6, 6.07) is 11.9. The van der Waals surface area contributed by atoms with Crippen LogP contribution in [0.15, 0.2) is 58.8 Å². The molecule has 1 aliphatic heterocycles. The van der Waals surface area contributed by atoms with Crippen LogP contribution in [0.25, 0.3) is 0 Å². The fourth-order valence-electron chi connectivity index (χ4n) is 2.82. The first-order chi connectivity index (χ1) is 13.0. The van der Waals surface area contributed by atoms with E-state index in [1.54, 1.807) is 54.3 Å². The Labute approximate surface area is 157 Å². The molecular formula is C17H14N6O3S. The van der Waals surface area contributed by atoms with E-state index < -0.39 is 11.1 Å². The summed E-state index contributed by atoms with van der Waals surface area (Å²) in [7, 11) is 1.80. The molecule has 2 aromatic carbocycles. The Bertz CT molecular complexity index is 1050. The SMILES string of the molecule is Cn1cnnc1Sc1ccc([C@H]2NC(=O)c3ccccc3N2)c([N+](=O)[O-])c1. The third-order valence-corrected chi connectivity index (χ3v) is 5.18. The maximum Gasteiger partial charge on any atom is 0.277 e. The number of carbonyl (C=O) groups excluding carboxylic acids is 1. The van der Waals surface area contributed by atoms with Crippen LogP contribution in [-0.4, -0.2) is 25.6 Å². The van der Waals surface area contributed by atoms with Gasteiger partial charge in [0.1, 0.15) is 12.5 Å². The summed E-state index contributed by atoms with van der Waals surface area (Å²) in [6.45, 7) is 0. The van der Waals surface area contributed by atoms with Crippen LogP contribution in [0.2, 0.25) is 0 Å². The Morgan fingerprint density at radius 3 is 2.78 bits per heavy atom. The van der Waals surface area contributed by atoms with Crippen molar-refractivity contribution in [1.29, 1.82) is 0 Å². The van der Waals surface area contributed by atoms with E-state index >= 15 is 0 Å². The molecule has 10 heteroatoms. The summed E-state index contributed by atoms with van der Waals surface area (Å²) < 4.78 is 1.73. The molecule has 0 saturated heterocycles. The second-order valence-electron chi connectivity index (χ2n) is 5.90. The highest BCUT2D eigenvalue weighted by molar-refractivity contribution is 7.99. The summed E-state index contributed by atoms with van der Waals surface area (Å²) in [6.07, 6.45) is 0.867. The monoisotopic (exact) mass is 382 g/mol. The van der Waals surface area contributed by atoms with Gasteiger partial charge < -0.3 is 15.2 Å². The molecule has 1 amide bonds. The van der Waals surface area contributed by atoms with E-state index in [0.717, 1.165) is 0 Å². The van der Waals surface area contributed by atoms with Crippen molar-refractivity contribution in [2.45, 2.75) is 16.2 Å². The number of carbonyl (C=O) groups is 1. The molecule has 0 fully saturated rings. The van der Waals surface area contributed by atoms with Crippen LogP contribution in [0.5, 0.6) is 0 Å². The van der Waals surface area contributed by atoms with Gasteiger partial charge in [-0.1, -0.05) is 12.1 Å². The van der Waals surface area contributed by atoms with Crippen molar-refractivity contribution in [3.8, 4) is 0 Å². The van der Waals surface area contributed by atoms with Gasteiger partial charge in [-0.3, -0.25) is 14.9 Å². The summed E-state index contributed by atoms with van der Waals surface area (Å²) >= 11 is 1.27. The number of benzene rings is 2. The van der Waals surface area contributed by atoms with E-state index in [4.69, 9.17) is 0 Å². The third kappa shape index (κ3) is 3.22. The highest BCUT2D eigenvalue weighted by atomic mass is 32.2. The predicted molar refractivity (Wildman–Crippen MR) is 98.5 cm³/mol. The minimum Gasteiger partial charge on any atom is -0.361 e. The number of hydrogen-bond acceptors (Lipinski definition) is 7. The Morgan fingerprint density at radius 2 is 2.04 bits per heavy atom. The van der Waals surface area contributed by atoms with Gasteiger partial charge in [0.25, 0.3) is 11.6 Å². The Kier molecular flexibility index (Phi) is 4.24. The molecule has 136 valence electrons. The normalized spacial score (nSPS) is 15.6. The molecular weight excluding hydrogens is 368 g/mol. The number of anilines is 1. The van der Waals surface area contributed by atoms with E-state index in [0.29, 0.717) is 26.9 Å². The number of rotatable bonds is 4. The number of aryl methyl sites for hydroxylation is 1. The molecule has 0 unspecified atom stereocenters. The number of nitrogens with zero attached hydrogens (tertiary/aromatic N) is 4. The van der Waals surface area contributed by atoms with E-state index in [9.17, 15) is 14.9 Å². The molecule has 1 atom stereocenters. The molecule has 2 N–H and O–H groups in total. The largest absolute Gasteiger partial charge is 0.361 e. The van der Waals surface area contributed by atoms with Gasteiger partial charge in [-0.25, -0.2) is 0 Å².